The quantitative estimate of drug-likeness (QED) is 0.750. The Morgan fingerprint density at radius 3 is 2.06 bits per heavy atom. The van der Waals surface area contributed by atoms with Crippen molar-refractivity contribution in [3.05, 3.63) is 35.9 Å². The fourth-order valence-electron chi connectivity index (χ4n) is 1.83. The molecular formula is C12H22O2Si2. The largest absolute Gasteiger partial charge is 0.436 e. The Morgan fingerprint density at radius 1 is 1.00 bits per heavy atom. The van der Waals surface area contributed by atoms with Gasteiger partial charge in [0.1, 0.15) is 0 Å². The highest BCUT2D eigenvalue weighted by Gasteiger charge is 2.33. The topological polar surface area (TPSA) is 18.5 Å². The first-order valence-electron chi connectivity index (χ1n) is 5.64. The van der Waals surface area contributed by atoms with Crippen molar-refractivity contribution < 1.29 is 8.54 Å². The molecule has 90 valence electrons. The highest BCUT2D eigenvalue weighted by molar-refractivity contribution is 6.81. The van der Waals surface area contributed by atoms with E-state index in [-0.39, 0.29) is 0 Å². The lowest BCUT2D eigenvalue weighted by Crippen LogP contribution is -2.47. The Labute approximate surface area is 101 Å². The van der Waals surface area contributed by atoms with Crippen LogP contribution in [0.25, 0.3) is 0 Å². The third-order valence-corrected chi connectivity index (χ3v) is 8.91. The highest BCUT2D eigenvalue weighted by atomic mass is 28.4. The third kappa shape index (κ3) is 4.61. The zero-order valence-electron chi connectivity index (χ0n) is 10.9. The van der Waals surface area contributed by atoms with Crippen molar-refractivity contribution in [3.8, 4) is 0 Å². The zero-order valence-corrected chi connectivity index (χ0v) is 12.9. The van der Waals surface area contributed by atoms with E-state index in [1.807, 2.05) is 6.07 Å². The second-order valence-electron chi connectivity index (χ2n) is 5.13. The first-order valence-corrected chi connectivity index (χ1v) is 11.6. The molecule has 0 bridgehead atoms. The summed E-state index contributed by atoms with van der Waals surface area (Å²) in [6, 6.07) is 11.6. The van der Waals surface area contributed by atoms with Gasteiger partial charge in [0.2, 0.25) is 0 Å². The van der Waals surface area contributed by atoms with Crippen molar-refractivity contribution >= 4 is 16.9 Å². The Hall–Kier alpha value is -0.426. The summed E-state index contributed by atoms with van der Waals surface area (Å²) in [5.74, 6) is 0. The molecule has 0 atom stereocenters. The average Bonchev–Trinajstić information content (AvgIpc) is 2.17. The van der Waals surface area contributed by atoms with Gasteiger partial charge in [-0.15, -0.1) is 0 Å². The molecule has 0 spiro atoms. The van der Waals surface area contributed by atoms with Crippen molar-refractivity contribution in [2.45, 2.75) is 32.2 Å². The van der Waals surface area contributed by atoms with E-state index in [0.717, 1.165) is 6.04 Å². The lowest BCUT2D eigenvalue weighted by Gasteiger charge is -2.32. The maximum atomic E-state index is 6.23. The fraction of sp³-hybridized carbons (Fsp3) is 0.500. The summed E-state index contributed by atoms with van der Waals surface area (Å²) in [6.45, 7) is 8.72. The number of rotatable bonds is 5. The molecule has 0 aliphatic heterocycles. The van der Waals surface area contributed by atoms with Crippen LogP contribution in [0.4, 0.5) is 0 Å². The lowest BCUT2D eigenvalue weighted by molar-refractivity contribution is 0.310. The van der Waals surface area contributed by atoms with Gasteiger partial charge in [-0.2, -0.15) is 0 Å². The van der Waals surface area contributed by atoms with Crippen LogP contribution in [0, 0.1) is 0 Å². The first-order chi connectivity index (χ1) is 7.35. The SMILES string of the molecule is CO[Si](C)(C)O[Si](C)(C)Cc1ccccc1. The third-order valence-electron chi connectivity index (χ3n) is 2.49. The molecule has 1 aromatic rings. The van der Waals surface area contributed by atoms with Gasteiger partial charge in [-0.25, -0.2) is 0 Å². The Balaban J connectivity index is 2.65. The highest BCUT2D eigenvalue weighted by Crippen LogP contribution is 2.19. The van der Waals surface area contributed by atoms with Crippen molar-refractivity contribution in [2.75, 3.05) is 7.11 Å². The molecule has 0 saturated heterocycles. The summed E-state index contributed by atoms with van der Waals surface area (Å²) < 4.78 is 11.7. The van der Waals surface area contributed by atoms with Gasteiger partial charge < -0.3 is 8.54 Å². The van der Waals surface area contributed by atoms with E-state index in [0.29, 0.717) is 0 Å². The van der Waals surface area contributed by atoms with Crippen LogP contribution in [-0.4, -0.2) is 24.0 Å². The van der Waals surface area contributed by atoms with Crippen molar-refractivity contribution in [1.29, 1.82) is 0 Å². The van der Waals surface area contributed by atoms with Gasteiger partial charge in [-0.3, -0.25) is 0 Å². The summed E-state index contributed by atoms with van der Waals surface area (Å²) in [5, 5.41) is 0. The lowest BCUT2D eigenvalue weighted by atomic mass is 10.2. The molecule has 1 rings (SSSR count). The summed E-state index contributed by atoms with van der Waals surface area (Å²) >= 11 is 0. The second kappa shape index (κ2) is 5.27. The van der Waals surface area contributed by atoms with Crippen LogP contribution in [-0.2, 0) is 14.6 Å². The minimum absolute atomic E-state index is 1.05. The van der Waals surface area contributed by atoms with Gasteiger partial charge in [-0.05, 0) is 37.8 Å². The predicted octanol–water partition coefficient (Wildman–Crippen LogP) is 3.34. The normalized spacial score (nSPS) is 12.8. The molecule has 0 aliphatic rings. The molecule has 0 unspecified atom stereocenters. The van der Waals surface area contributed by atoms with Gasteiger partial charge in [0.05, 0.1) is 0 Å². The van der Waals surface area contributed by atoms with E-state index >= 15 is 0 Å². The molecule has 0 aliphatic carbocycles. The molecule has 0 amide bonds. The van der Waals surface area contributed by atoms with Crippen LogP contribution in [0.15, 0.2) is 30.3 Å². The van der Waals surface area contributed by atoms with Crippen LogP contribution >= 0.6 is 0 Å². The minimum Gasteiger partial charge on any atom is -0.436 e. The smallest absolute Gasteiger partial charge is 0.321 e. The molecule has 0 fully saturated rings. The number of benzene rings is 1. The van der Waals surface area contributed by atoms with Crippen LogP contribution < -0.4 is 0 Å². The monoisotopic (exact) mass is 254 g/mol. The van der Waals surface area contributed by atoms with Crippen LogP contribution in [0.2, 0.25) is 26.2 Å². The Bertz CT molecular complexity index is 323. The number of hydrogen-bond donors (Lipinski definition) is 0. The van der Waals surface area contributed by atoms with E-state index < -0.39 is 16.9 Å². The van der Waals surface area contributed by atoms with E-state index in [4.69, 9.17) is 8.54 Å². The minimum atomic E-state index is -1.90. The molecular weight excluding hydrogens is 232 g/mol. The van der Waals surface area contributed by atoms with Crippen molar-refractivity contribution in [1.82, 2.24) is 0 Å². The molecule has 2 nitrogen and oxygen atoms in total. The summed E-state index contributed by atoms with van der Waals surface area (Å²) in [6.07, 6.45) is 0. The summed E-state index contributed by atoms with van der Waals surface area (Å²) in [4.78, 5) is 0. The van der Waals surface area contributed by atoms with Gasteiger partial charge in [0.25, 0.3) is 0 Å². The molecule has 0 heterocycles. The zero-order chi connectivity index (χ0) is 12.2. The molecule has 1 aromatic carbocycles. The molecule has 4 heteroatoms. The number of hydrogen-bond acceptors (Lipinski definition) is 2. The maximum Gasteiger partial charge on any atom is 0.321 e. The fourth-order valence-corrected chi connectivity index (χ4v) is 8.99. The predicted molar refractivity (Wildman–Crippen MR) is 73.2 cm³/mol. The van der Waals surface area contributed by atoms with Gasteiger partial charge in [-0.1, -0.05) is 30.3 Å². The standard InChI is InChI=1S/C12H22O2Si2/c1-13-16(4,5)14-15(2,3)11-12-9-7-6-8-10-12/h6-10H,11H2,1-5H3. The van der Waals surface area contributed by atoms with Gasteiger partial charge >= 0.3 is 8.56 Å². The molecule has 0 radical (unpaired) electrons. The molecule has 0 N–H and O–H groups in total. The van der Waals surface area contributed by atoms with Crippen LogP contribution in [0.5, 0.6) is 0 Å². The van der Waals surface area contributed by atoms with Crippen molar-refractivity contribution in [2.24, 2.45) is 0 Å². The first kappa shape index (κ1) is 13.6. The van der Waals surface area contributed by atoms with Crippen molar-refractivity contribution in [3.63, 3.8) is 0 Å². The van der Waals surface area contributed by atoms with E-state index in [2.05, 4.69) is 50.5 Å². The maximum absolute atomic E-state index is 6.23. The van der Waals surface area contributed by atoms with Crippen LogP contribution in [0.1, 0.15) is 5.56 Å². The van der Waals surface area contributed by atoms with Gasteiger partial charge in [0, 0.05) is 7.11 Å². The molecule has 16 heavy (non-hydrogen) atoms. The molecule has 0 aromatic heterocycles. The Morgan fingerprint density at radius 2 is 1.56 bits per heavy atom. The second-order valence-corrected chi connectivity index (χ2v) is 13.0. The summed E-state index contributed by atoms with van der Waals surface area (Å²) in [5.41, 5.74) is 1.36. The average molecular weight is 254 g/mol. The van der Waals surface area contributed by atoms with E-state index in [1.165, 1.54) is 5.56 Å². The van der Waals surface area contributed by atoms with E-state index in [9.17, 15) is 0 Å². The summed E-state index contributed by atoms with van der Waals surface area (Å²) in [7, 11) is -1.82. The van der Waals surface area contributed by atoms with Gasteiger partial charge in [0.15, 0.2) is 8.32 Å². The van der Waals surface area contributed by atoms with Crippen LogP contribution in [0.3, 0.4) is 0 Å². The molecule has 0 saturated carbocycles. The van der Waals surface area contributed by atoms with E-state index in [1.54, 1.807) is 7.11 Å². The Kier molecular flexibility index (Phi) is 4.49.